The van der Waals surface area contributed by atoms with Crippen LogP contribution in [0.15, 0.2) is 18.5 Å². The summed E-state index contributed by atoms with van der Waals surface area (Å²) in [7, 11) is 1.70. The number of carbonyl (C=O) groups is 1. The highest BCUT2D eigenvalue weighted by Gasteiger charge is 2.00. The maximum Gasteiger partial charge on any atom is 0.240 e. The molecular weight excluding hydrogens is 156 g/mol. The van der Waals surface area contributed by atoms with Gasteiger partial charge in [-0.2, -0.15) is 0 Å². The Morgan fingerprint density at radius 2 is 2.17 bits per heavy atom. The molecule has 0 saturated heterocycles. The molecule has 0 saturated carbocycles. The fourth-order valence-corrected chi connectivity index (χ4v) is 0.693. The number of amides is 1. The van der Waals surface area contributed by atoms with Gasteiger partial charge < -0.3 is 5.32 Å². The van der Waals surface area contributed by atoms with E-state index < -0.39 is 0 Å². The second kappa shape index (κ2) is 4.40. The van der Waals surface area contributed by atoms with E-state index in [1.54, 1.807) is 25.5 Å². The molecule has 1 amide bonds. The fourth-order valence-electron chi connectivity index (χ4n) is 0.693. The van der Waals surface area contributed by atoms with Crippen LogP contribution in [-0.2, 0) is 4.79 Å². The number of hydrogen-bond acceptors (Lipinski definition) is 4. The van der Waals surface area contributed by atoms with Gasteiger partial charge in [-0.25, -0.2) is 9.97 Å². The highest BCUT2D eigenvalue weighted by molar-refractivity contribution is 5.90. The lowest BCUT2D eigenvalue weighted by Crippen LogP contribution is -2.25. The maximum absolute atomic E-state index is 11.0. The van der Waals surface area contributed by atoms with Gasteiger partial charge in [-0.3, -0.25) is 10.1 Å². The summed E-state index contributed by atoms with van der Waals surface area (Å²) in [6, 6.07) is 1.69. The minimum Gasteiger partial charge on any atom is -0.311 e. The van der Waals surface area contributed by atoms with Gasteiger partial charge in [-0.05, 0) is 13.1 Å². The van der Waals surface area contributed by atoms with Crippen molar-refractivity contribution in [1.29, 1.82) is 0 Å². The van der Waals surface area contributed by atoms with Crippen LogP contribution in [0.2, 0.25) is 0 Å². The fraction of sp³-hybridized carbons (Fsp3) is 0.286. The number of anilines is 1. The summed E-state index contributed by atoms with van der Waals surface area (Å²) in [6.07, 6.45) is 3.14. The molecule has 0 unspecified atom stereocenters. The summed E-state index contributed by atoms with van der Waals surface area (Å²) in [5, 5.41) is 5.24. The number of rotatable bonds is 3. The van der Waals surface area contributed by atoms with Crippen LogP contribution in [0.1, 0.15) is 0 Å². The van der Waals surface area contributed by atoms with Crippen LogP contribution >= 0.6 is 0 Å². The van der Waals surface area contributed by atoms with E-state index in [2.05, 4.69) is 20.6 Å². The number of nitrogens with zero attached hydrogens (tertiary/aromatic N) is 2. The Hall–Kier alpha value is -1.49. The van der Waals surface area contributed by atoms with Crippen molar-refractivity contribution in [3.63, 3.8) is 0 Å². The average molecular weight is 166 g/mol. The summed E-state index contributed by atoms with van der Waals surface area (Å²) < 4.78 is 0. The molecule has 2 N–H and O–H groups in total. The predicted octanol–water partition coefficient (Wildman–Crippen LogP) is -0.366. The molecule has 0 aromatic carbocycles. The molecule has 1 heterocycles. The van der Waals surface area contributed by atoms with Crippen LogP contribution < -0.4 is 10.6 Å². The van der Waals surface area contributed by atoms with E-state index in [0.29, 0.717) is 5.95 Å². The van der Waals surface area contributed by atoms with E-state index in [1.807, 2.05) is 0 Å². The van der Waals surface area contributed by atoms with Crippen molar-refractivity contribution in [3.8, 4) is 0 Å². The Morgan fingerprint density at radius 1 is 1.50 bits per heavy atom. The van der Waals surface area contributed by atoms with Crippen LogP contribution in [0.3, 0.4) is 0 Å². The van der Waals surface area contributed by atoms with E-state index in [1.165, 1.54) is 0 Å². The largest absolute Gasteiger partial charge is 0.311 e. The summed E-state index contributed by atoms with van der Waals surface area (Å²) in [5.74, 6) is 0.182. The summed E-state index contributed by atoms with van der Waals surface area (Å²) in [5.41, 5.74) is 0. The average Bonchev–Trinajstić information content (AvgIpc) is 2.06. The minimum absolute atomic E-state index is 0.149. The molecule has 64 valence electrons. The first-order valence-electron chi connectivity index (χ1n) is 3.54. The molecule has 0 aliphatic carbocycles. The highest BCUT2D eigenvalue weighted by atomic mass is 16.2. The molecule has 0 fully saturated rings. The van der Waals surface area contributed by atoms with Crippen molar-refractivity contribution in [1.82, 2.24) is 15.3 Å². The Bertz CT molecular complexity index is 249. The first-order valence-corrected chi connectivity index (χ1v) is 3.54. The third kappa shape index (κ3) is 2.63. The smallest absolute Gasteiger partial charge is 0.240 e. The molecule has 0 atom stereocenters. The van der Waals surface area contributed by atoms with Crippen molar-refractivity contribution in [2.45, 2.75) is 0 Å². The molecule has 0 aliphatic rings. The Kier molecular flexibility index (Phi) is 3.16. The van der Waals surface area contributed by atoms with Crippen LogP contribution in [0.25, 0.3) is 0 Å². The number of carbonyl (C=O) groups excluding carboxylic acids is 1. The lowest BCUT2D eigenvalue weighted by atomic mass is 10.6. The Balaban J connectivity index is 2.47. The van der Waals surface area contributed by atoms with Gasteiger partial charge in [0, 0.05) is 12.4 Å². The molecule has 0 radical (unpaired) electrons. The lowest BCUT2D eigenvalue weighted by molar-refractivity contribution is -0.115. The summed E-state index contributed by atoms with van der Waals surface area (Å²) in [6.45, 7) is 0.262. The van der Waals surface area contributed by atoms with E-state index in [0.717, 1.165) is 0 Å². The SMILES string of the molecule is CNCC(=O)Nc1ncccn1. The monoisotopic (exact) mass is 166 g/mol. The van der Waals surface area contributed by atoms with Crippen molar-refractivity contribution in [2.75, 3.05) is 18.9 Å². The normalized spacial score (nSPS) is 9.42. The van der Waals surface area contributed by atoms with Gasteiger partial charge in [0.05, 0.1) is 6.54 Å². The van der Waals surface area contributed by atoms with Crippen molar-refractivity contribution in [3.05, 3.63) is 18.5 Å². The Morgan fingerprint density at radius 3 is 2.75 bits per heavy atom. The quantitative estimate of drug-likeness (QED) is 0.643. The molecule has 0 spiro atoms. The molecule has 1 aromatic rings. The van der Waals surface area contributed by atoms with Gasteiger partial charge in [-0.15, -0.1) is 0 Å². The van der Waals surface area contributed by atoms with Gasteiger partial charge in [0.15, 0.2) is 0 Å². The second-order valence-corrected chi connectivity index (χ2v) is 2.15. The molecule has 12 heavy (non-hydrogen) atoms. The standard InChI is InChI=1S/C7H10N4O/c1-8-5-6(12)11-7-9-3-2-4-10-7/h2-4,8H,5H2,1H3,(H,9,10,11,12). The first-order chi connectivity index (χ1) is 5.83. The van der Waals surface area contributed by atoms with Gasteiger partial charge in [-0.1, -0.05) is 0 Å². The van der Waals surface area contributed by atoms with E-state index in [9.17, 15) is 4.79 Å². The predicted molar refractivity (Wildman–Crippen MR) is 44.6 cm³/mol. The van der Waals surface area contributed by atoms with Crippen molar-refractivity contribution >= 4 is 11.9 Å². The topological polar surface area (TPSA) is 66.9 Å². The van der Waals surface area contributed by atoms with Gasteiger partial charge in [0.1, 0.15) is 0 Å². The van der Waals surface area contributed by atoms with Crippen LogP contribution in [0.5, 0.6) is 0 Å². The molecule has 1 rings (SSSR count). The molecule has 5 heteroatoms. The molecule has 5 nitrogen and oxygen atoms in total. The van der Waals surface area contributed by atoms with Crippen LogP contribution in [-0.4, -0.2) is 29.5 Å². The molecule has 0 aliphatic heterocycles. The zero-order valence-electron chi connectivity index (χ0n) is 6.74. The van der Waals surface area contributed by atoms with Crippen LogP contribution in [0, 0.1) is 0 Å². The highest BCUT2D eigenvalue weighted by Crippen LogP contribution is 1.92. The first kappa shape index (κ1) is 8.61. The number of aromatic nitrogens is 2. The number of hydrogen-bond donors (Lipinski definition) is 2. The third-order valence-corrected chi connectivity index (χ3v) is 1.15. The lowest BCUT2D eigenvalue weighted by Gasteiger charge is -2.00. The van der Waals surface area contributed by atoms with Crippen LogP contribution in [0.4, 0.5) is 5.95 Å². The van der Waals surface area contributed by atoms with Crippen molar-refractivity contribution < 1.29 is 4.79 Å². The zero-order valence-corrected chi connectivity index (χ0v) is 6.74. The minimum atomic E-state index is -0.149. The summed E-state index contributed by atoms with van der Waals surface area (Å²) in [4.78, 5) is 18.6. The molecule has 0 bridgehead atoms. The summed E-state index contributed by atoms with van der Waals surface area (Å²) >= 11 is 0. The van der Waals surface area contributed by atoms with E-state index >= 15 is 0 Å². The zero-order chi connectivity index (χ0) is 8.81. The van der Waals surface area contributed by atoms with Gasteiger partial charge in [0.25, 0.3) is 0 Å². The number of nitrogens with one attached hydrogen (secondary N) is 2. The third-order valence-electron chi connectivity index (χ3n) is 1.15. The maximum atomic E-state index is 11.0. The van der Waals surface area contributed by atoms with Gasteiger partial charge >= 0.3 is 0 Å². The Labute approximate surface area is 70.2 Å². The van der Waals surface area contributed by atoms with Crippen molar-refractivity contribution in [2.24, 2.45) is 0 Å². The second-order valence-electron chi connectivity index (χ2n) is 2.15. The van der Waals surface area contributed by atoms with Gasteiger partial charge in [0.2, 0.25) is 11.9 Å². The number of likely N-dealkylation sites (N-methyl/N-ethyl adjacent to an activating group) is 1. The van der Waals surface area contributed by atoms with E-state index in [4.69, 9.17) is 0 Å². The van der Waals surface area contributed by atoms with E-state index in [-0.39, 0.29) is 12.5 Å². The molecule has 1 aromatic heterocycles. The molecular formula is C7H10N4O.